The highest BCUT2D eigenvalue weighted by molar-refractivity contribution is 5.59. The van der Waals surface area contributed by atoms with E-state index in [0.717, 1.165) is 5.82 Å². The molecule has 0 aliphatic carbocycles. The van der Waals surface area contributed by atoms with Gasteiger partial charge in [0.1, 0.15) is 11.6 Å². The average Bonchev–Trinajstić information content (AvgIpc) is 2.51. The van der Waals surface area contributed by atoms with Gasteiger partial charge >= 0.3 is 0 Å². The second-order valence-electron chi connectivity index (χ2n) is 2.96. The van der Waals surface area contributed by atoms with E-state index in [1.807, 2.05) is 0 Å². The number of aromatic nitrogens is 3. The molecule has 0 aliphatic rings. The molecule has 0 bridgehead atoms. The predicted molar refractivity (Wildman–Crippen MR) is 50.9 cm³/mol. The molecule has 0 atom stereocenters. The lowest BCUT2D eigenvalue weighted by Crippen LogP contribution is -1.95. The number of hydrogen-bond acceptors (Lipinski definition) is 3. The third-order valence-electron chi connectivity index (χ3n) is 1.86. The number of nitrogens with one attached hydrogen (secondary N) is 1. The zero-order valence-corrected chi connectivity index (χ0v) is 7.58. The predicted octanol–water partition coefficient (Wildman–Crippen LogP) is 1.50. The maximum absolute atomic E-state index is 13.3. The molecule has 0 aromatic carbocycles. The third kappa shape index (κ3) is 1.44. The van der Waals surface area contributed by atoms with Crippen molar-refractivity contribution in [2.24, 2.45) is 0 Å². The van der Waals surface area contributed by atoms with Gasteiger partial charge in [0.25, 0.3) is 0 Å². The number of aromatic amines is 1. The quantitative estimate of drug-likeness (QED) is 0.673. The average molecular weight is 192 g/mol. The number of pyridine rings is 1. The van der Waals surface area contributed by atoms with Gasteiger partial charge in [-0.25, -0.2) is 9.97 Å². The maximum atomic E-state index is 13.3. The number of rotatable bonds is 1. The van der Waals surface area contributed by atoms with Crippen LogP contribution in [-0.2, 0) is 0 Å². The lowest BCUT2D eigenvalue weighted by atomic mass is 10.2. The van der Waals surface area contributed by atoms with Crippen molar-refractivity contribution in [3.8, 4) is 11.3 Å². The van der Waals surface area contributed by atoms with Gasteiger partial charge in [-0.15, -0.1) is 0 Å². The van der Waals surface area contributed by atoms with Crippen molar-refractivity contribution < 1.29 is 4.39 Å². The molecule has 2 heterocycles. The second kappa shape index (κ2) is 3.10. The van der Waals surface area contributed by atoms with Crippen molar-refractivity contribution in [2.75, 3.05) is 5.73 Å². The van der Waals surface area contributed by atoms with Gasteiger partial charge in [-0.3, -0.25) is 0 Å². The van der Waals surface area contributed by atoms with Gasteiger partial charge in [0.05, 0.1) is 17.5 Å². The Hall–Kier alpha value is -1.91. The minimum atomic E-state index is -0.589. The molecule has 0 aliphatic heterocycles. The van der Waals surface area contributed by atoms with Crippen LogP contribution >= 0.6 is 0 Å². The van der Waals surface area contributed by atoms with E-state index in [9.17, 15) is 4.39 Å². The number of aryl methyl sites for hydroxylation is 1. The smallest absolute Gasteiger partial charge is 0.224 e. The summed E-state index contributed by atoms with van der Waals surface area (Å²) in [6.45, 7) is 1.80. The number of H-pyrrole nitrogens is 1. The highest BCUT2D eigenvalue weighted by Gasteiger charge is 2.08. The third-order valence-corrected chi connectivity index (χ3v) is 1.86. The molecule has 2 rings (SSSR count). The minimum Gasteiger partial charge on any atom is -0.384 e. The Balaban J connectivity index is 2.52. The molecule has 0 saturated carbocycles. The van der Waals surface area contributed by atoms with Crippen LogP contribution in [0, 0.1) is 12.9 Å². The van der Waals surface area contributed by atoms with Crippen LogP contribution in [0.1, 0.15) is 5.82 Å². The summed E-state index contributed by atoms with van der Waals surface area (Å²) >= 11 is 0. The summed E-state index contributed by atoms with van der Waals surface area (Å²) in [6, 6.07) is 3.12. The normalized spacial score (nSPS) is 10.4. The van der Waals surface area contributed by atoms with Crippen LogP contribution in [0.5, 0.6) is 0 Å². The SMILES string of the molecule is Cc1ncc(-c2ccc(N)nc2F)[nH]1. The maximum Gasteiger partial charge on any atom is 0.224 e. The number of nitrogen functional groups attached to an aromatic ring is 1. The van der Waals surface area contributed by atoms with Crippen LogP contribution in [0.3, 0.4) is 0 Å². The van der Waals surface area contributed by atoms with Gasteiger partial charge in [-0.2, -0.15) is 4.39 Å². The molecule has 2 aromatic heterocycles. The van der Waals surface area contributed by atoms with E-state index >= 15 is 0 Å². The first kappa shape index (κ1) is 8.68. The number of nitrogens with zero attached hydrogens (tertiary/aromatic N) is 2. The van der Waals surface area contributed by atoms with Gasteiger partial charge in [0.15, 0.2) is 0 Å². The lowest BCUT2D eigenvalue weighted by molar-refractivity contribution is 0.589. The van der Waals surface area contributed by atoms with E-state index in [1.54, 1.807) is 25.3 Å². The molecule has 0 saturated heterocycles. The number of imidazole rings is 1. The van der Waals surface area contributed by atoms with Gasteiger partial charge in [0.2, 0.25) is 5.95 Å². The first-order chi connectivity index (χ1) is 6.66. The summed E-state index contributed by atoms with van der Waals surface area (Å²) in [5.74, 6) is 0.312. The van der Waals surface area contributed by atoms with Crippen LogP contribution < -0.4 is 5.73 Å². The fourth-order valence-electron chi connectivity index (χ4n) is 1.21. The fourth-order valence-corrected chi connectivity index (χ4v) is 1.21. The number of nitrogens with two attached hydrogens (primary N) is 1. The zero-order chi connectivity index (χ0) is 10.1. The van der Waals surface area contributed by atoms with Crippen molar-refractivity contribution >= 4 is 5.82 Å². The zero-order valence-electron chi connectivity index (χ0n) is 7.58. The molecule has 3 N–H and O–H groups in total. The van der Waals surface area contributed by atoms with E-state index in [1.165, 1.54) is 0 Å². The highest BCUT2D eigenvalue weighted by Crippen LogP contribution is 2.20. The van der Waals surface area contributed by atoms with Crippen molar-refractivity contribution in [2.45, 2.75) is 6.92 Å². The van der Waals surface area contributed by atoms with Crippen LogP contribution in [0.15, 0.2) is 18.3 Å². The van der Waals surface area contributed by atoms with Gasteiger partial charge in [-0.05, 0) is 19.1 Å². The van der Waals surface area contributed by atoms with Crippen molar-refractivity contribution in [1.82, 2.24) is 15.0 Å². The largest absolute Gasteiger partial charge is 0.384 e. The Labute approximate surface area is 80.0 Å². The molecule has 4 nitrogen and oxygen atoms in total. The molecular weight excluding hydrogens is 183 g/mol. The standard InChI is InChI=1S/C9H9FN4/c1-5-12-4-7(13-5)6-2-3-8(11)14-9(6)10/h2-4H,1H3,(H2,11,14)(H,12,13). The lowest BCUT2D eigenvalue weighted by Gasteiger charge is -1.99. The Morgan fingerprint density at radius 3 is 2.79 bits per heavy atom. The first-order valence-electron chi connectivity index (χ1n) is 4.11. The Morgan fingerprint density at radius 1 is 1.43 bits per heavy atom. The van der Waals surface area contributed by atoms with Crippen LogP contribution in [0.2, 0.25) is 0 Å². The fraction of sp³-hybridized carbons (Fsp3) is 0.111. The van der Waals surface area contributed by atoms with Crippen molar-refractivity contribution in [3.05, 3.63) is 30.1 Å². The summed E-state index contributed by atoms with van der Waals surface area (Å²) in [5.41, 5.74) is 6.31. The summed E-state index contributed by atoms with van der Waals surface area (Å²) in [6.07, 6.45) is 1.56. The second-order valence-corrected chi connectivity index (χ2v) is 2.96. The molecule has 14 heavy (non-hydrogen) atoms. The topological polar surface area (TPSA) is 67.6 Å². The van der Waals surface area contributed by atoms with Crippen molar-refractivity contribution in [1.29, 1.82) is 0 Å². The van der Waals surface area contributed by atoms with Gasteiger partial charge < -0.3 is 10.7 Å². The molecule has 0 spiro atoms. The molecule has 2 aromatic rings. The molecule has 0 unspecified atom stereocenters. The van der Waals surface area contributed by atoms with E-state index in [0.29, 0.717) is 11.3 Å². The van der Waals surface area contributed by atoms with E-state index in [4.69, 9.17) is 5.73 Å². The van der Waals surface area contributed by atoms with Gasteiger partial charge in [-0.1, -0.05) is 0 Å². The van der Waals surface area contributed by atoms with Crippen LogP contribution in [-0.4, -0.2) is 15.0 Å². The highest BCUT2D eigenvalue weighted by atomic mass is 19.1. The summed E-state index contributed by atoms with van der Waals surface area (Å²) < 4.78 is 13.3. The summed E-state index contributed by atoms with van der Waals surface area (Å²) in [5, 5.41) is 0. The van der Waals surface area contributed by atoms with E-state index < -0.39 is 5.95 Å². The molecule has 0 amide bonds. The van der Waals surface area contributed by atoms with Crippen LogP contribution in [0.25, 0.3) is 11.3 Å². The first-order valence-corrected chi connectivity index (χ1v) is 4.11. The Kier molecular flexibility index (Phi) is 1.92. The summed E-state index contributed by atoms with van der Waals surface area (Å²) in [7, 11) is 0. The molecule has 0 fully saturated rings. The number of anilines is 1. The number of hydrogen-bond donors (Lipinski definition) is 2. The monoisotopic (exact) mass is 192 g/mol. The molecule has 72 valence electrons. The molecular formula is C9H9FN4. The number of halogens is 1. The van der Waals surface area contributed by atoms with Gasteiger partial charge in [0, 0.05) is 0 Å². The van der Waals surface area contributed by atoms with Crippen molar-refractivity contribution in [3.63, 3.8) is 0 Å². The minimum absolute atomic E-state index is 0.169. The Morgan fingerprint density at radius 2 is 2.21 bits per heavy atom. The molecule has 0 radical (unpaired) electrons. The molecule has 5 heteroatoms. The van der Waals surface area contributed by atoms with E-state index in [-0.39, 0.29) is 5.82 Å². The van der Waals surface area contributed by atoms with Crippen LogP contribution in [0.4, 0.5) is 10.2 Å². The van der Waals surface area contributed by atoms with E-state index in [2.05, 4.69) is 15.0 Å². The Bertz CT molecular complexity index is 464. The summed E-state index contributed by atoms with van der Waals surface area (Å²) in [4.78, 5) is 10.4.